The monoisotopic (exact) mass is 235 g/mol. The number of aryl methyl sites for hydroxylation is 2. The second-order valence-electron chi connectivity index (χ2n) is 2.16. The number of rotatable bonds is 0. The van der Waals surface area contributed by atoms with Gasteiger partial charge in [-0.1, -0.05) is 35.4 Å². The molecule has 1 aromatic carbocycles. The summed E-state index contributed by atoms with van der Waals surface area (Å²) in [5.74, 6) is 0. The number of benzene rings is 1. The molecule has 0 spiro atoms. The van der Waals surface area contributed by atoms with Crippen LogP contribution in [0, 0.1) is 25.7 Å². The van der Waals surface area contributed by atoms with Gasteiger partial charge in [-0.05, 0) is 13.8 Å². The zero-order valence-corrected chi connectivity index (χ0v) is 8.23. The van der Waals surface area contributed by atoms with E-state index in [1.807, 2.05) is 0 Å². The summed E-state index contributed by atoms with van der Waals surface area (Å²) in [5, 5.41) is 6.25. The van der Waals surface area contributed by atoms with Gasteiger partial charge in [0.2, 0.25) is 0 Å². The molecule has 0 radical (unpaired) electrons. The SMILES string of the molecule is Cc1cccc(C)c1.[C-]#N.[Rh+]. The topological polar surface area (TPSA) is 23.8 Å². The van der Waals surface area contributed by atoms with Crippen LogP contribution in [0.4, 0.5) is 0 Å². The predicted molar refractivity (Wildman–Crippen MR) is 40.9 cm³/mol. The molecule has 0 aliphatic heterocycles. The number of nitrogens with zero attached hydrogens (tertiary/aromatic N) is 1. The summed E-state index contributed by atoms with van der Waals surface area (Å²) < 4.78 is 0. The summed E-state index contributed by atoms with van der Waals surface area (Å²) in [4.78, 5) is 0. The van der Waals surface area contributed by atoms with Crippen LogP contribution in [-0.4, -0.2) is 0 Å². The molecule has 0 bridgehead atoms. The second kappa shape index (κ2) is 7.44. The third-order valence-corrected chi connectivity index (χ3v) is 1.17. The van der Waals surface area contributed by atoms with Gasteiger partial charge in [0.25, 0.3) is 0 Å². The molecule has 0 atom stereocenters. The Balaban J connectivity index is 0. The normalized spacial score (nSPS) is 6.91. The van der Waals surface area contributed by atoms with E-state index in [4.69, 9.17) is 11.8 Å². The van der Waals surface area contributed by atoms with Crippen molar-refractivity contribution in [3.05, 3.63) is 42.0 Å². The van der Waals surface area contributed by atoms with E-state index in [9.17, 15) is 0 Å². The molecule has 0 heterocycles. The minimum absolute atomic E-state index is 0. The molecule has 0 saturated heterocycles. The zero-order chi connectivity index (χ0) is 7.98. The van der Waals surface area contributed by atoms with Gasteiger partial charge >= 0.3 is 19.5 Å². The molecule has 0 N–H and O–H groups in total. The summed E-state index contributed by atoms with van der Waals surface area (Å²) in [6.45, 7) is 8.96. The van der Waals surface area contributed by atoms with E-state index in [2.05, 4.69) is 38.1 Å². The van der Waals surface area contributed by atoms with Gasteiger partial charge in [0.1, 0.15) is 0 Å². The molecule has 60 valence electrons. The first-order valence-electron chi connectivity index (χ1n) is 3.04. The first-order chi connectivity index (χ1) is 4.79. The first-order valence-corrected chi connectivity index (χ1v) is 3.04. The van der Waals surface area contributed by atoms with Crippen LogP contribution in [0.3, 0.4) is 0 Å². The van der Waals surface area contributed by atoms with Gasteiger partial charge in [-0.25, -0.2) is 0 Å². The van der Waals surface area contributed by atoms with Gasteiger partial charge < -0.3 is 11.8 Å². The van der Waals surface area contributed by atoms with Crippen molar-refractivity contribution in [2.75, 3.05) is 0 Å². The van der Waals surface area contributed by atoms with Crippen molar-refractivity contribution in [3.8, 4) is 0 Å². The molecule has 0 fully saturated rings. The van der Waals surface area contributed by atoms with Crippen molar-refractivity contribution in [1.29, 1.82) is 5.26 Å². The molecule has 2 heteroatoms. The minimum Gasteiger partial charge on any atom is -0.512 e. The van der Waals surface area contributed by atoms with E-state index >= 15 is 0 Å². The van der Waals surface area contributed by atoms with Gasteiger partial charge in [-0.2, -0.15) is 0 Å². The Hall–Kier alpha value is -0.667. The molecule has 0 aliphatic rings. The first kappa shape index (κ1) is 13.0. The summed E-state index contributed by atoms with van der Waals surface area (Å²) in [6.07, 6.45) is 0. The fourth-order valence-corrected chi connectivity index (χ4v) is 0.807. The maximum absolute atomic E-state index is 6.25. The van der Waals surface area contributed by atoms with Crippen molar-refractivity contribution in [1.82, 2.24) is 0 Å². The predicted octanol–water partition coefficient (Wildman–Crippen LogP) is 2.40. The van der Waals surface area contributed by atoms with E-state index in [-0.39, 0.29) is 19.5 Å². The third-order valence-electron chi connectivity index (χ3n) is 1.17. The van der Waals surface area contributed by atoms with Crippen LogP contribution < -0.4 is 0 Å². The molecule has 1 aromatic rings. The van der Waals surface area contributed by atoms with Crippen molar-refractivity contribution in [3.63, 3.8) is 0 Å². The van der Waals surface area contributed by atoms with Gasteiger partial charge in [0.15, 0.2) is 0 Å². The molecular formula is C9H10NRh. The maximum atomic E-state index is 6.25. The fourth-order valence-electron chi connectivity index (χ4n) is 0.807. The molecule has 0 aliphatic carbocycles. The van der Waals surface area contributed by atoms with E-state index in [1.54, 1.807) is 0 Å². The van der Waals surface area contributed by atoms with Crippen molar-refractivity contribution >= 4 is 0 Å². The van der Waals surface area contributed by atoms with E-state index in [1.165, 1.54) is 11.1 Å². The van der Waals surface area contributed by atoms with Gasteiger partial charge in [-0.15, -0.1) is 0 Å². The molecule has 11 heavy (non-hydrogen) atoms. The van der Waals surface area contributed by atoms with E-state index in [0.717, 1.165) is 0 Å². The Bertz CT molecular complexity index is 201. The molecule has 0 saturated carbocycles. The Kier molecular flexibility index (Phi) is 8.77. The molecule has 0 unspecified atom stereocenters. The Morgan fingerprint density at radius 1 is 1.09 bits per heavy atom. The molecule has 0 aromatic heterocycles. The van der Waals surface area contributed by atoms with Crippen LogP contribution >= 0.6 is 0 Å². The second-order valence-corrected chi connectivity index (χ2v) is 2.16. The Labute approximate surface area is 80.8 Å². The van der Waals surface area contributed by atoms with Gasteiger partial charge in [-0.3, -0.25) is 0 Å². The summed E-state index contributed by atoms with van der Waals surface area (Å²) >= 11 is 0. The summed E-state index contributed by atoms with van der Waals surface area (Å²) in [6, 6.07) is 8.45. The summed E-state index contributed by atoms with van der Waals surface area (Å²) in [7, 11) is 0. The Morgan fingerprint density at radius 3 is 1.64 bits per heavy atom. The maximum Gasteiger partial charge on any atom is 1.00 e. The summed E-state index contributed by atoms with van der Waals surface area (Å²) in [5.41, 5.74) is 2.68. The van der Waals surface area contributed by atoms with Crippen LogP contribution in [-0.2, 0) is 19.5 Å². The van der Waals surface area contributed by atoms with Crippen LogP contribution in [0.2, 0.25) is 0 Å². The quantitative estimate of drug-likeness (QED) is 0.500. The smallest absolute Gasteiger partial charge is 0.512 e. The number of hydrogen-bond acceptors (Lipinski definition) is 1. The van der Waals surface area contributed by atoms with Crippen LogP contribution in [0.1, 0.15) is 11.1 Å². The van der Waals surface area contributed by atoms with Gasteiger partial charge in [0, 0.05) is 0 Å². The molecule has 0 amide bonds. The molecule has 1 nitrogen and oxygen atoms in total. The average Bonchev–Trinajstić information content (AvgIpc) is 1.91. The Morgan fingerprint density at radius 2 is 1.45 bits per heavy atom. The van der Waals surface area contributed by atoms with Crippen molar-refractivity contribution < 1.29 is 19.5 Å². The number of hydrogen-bond donors (Lipinski definition) is 0. The van der Waals surface area contributed by atoms with Crippen LogP contribution in [0.15, 0.2) is 24.3 Å². The standard InChI is InChI=1S/C8H10.CN.Rh/c1-7-4-3-5-8(2)6-7;1-2;/h3-6H,1-2H3;;/q;-1;+1. The van der Waals surface area contributed by atoms with Crippen molar-refractivity contribution in [2.45, 2.75) is 13.8 Å². The van der Waals surface area contributed by atoms with Gasteiger partial charge in [0.05, 0.1) is 0 Å². The van der Waals surface area contributed by atoms with Crippen LogP contribution in [0.25, 0.3) is 0 Å². The van der Waals surface area contributed by atoms with E-state index in [0.29, 0.717) is 0 Å². The molecular weight excluding hydrogens is 225 g/mol. The average molecular weight is 235 g/mol. The molecule has 1 rings (SSSR count). The minimum atomic E-state index is 0. The fraction of sp³-hybridized carbons (Fsp3) is 0.222. The third kappa shape index (κ3) is 5.76. The largest absolute Gasteiger partial charge is 1.00 e. The van der Waals surface area contributed by atoms with Crippen molar-refractivity contribution in [2.24, 2.45) is 0 Å². The van der Waals surface area contributed by atoms with Crippen LogP contribution in [0.5, 0.6) is 0 Å². The van der Waals surface area contributed by atoms with E-state index < -0.39 is 0 Å². The zero-order valence-electron chi connectivity index (χ0n) is 6.59.